The molecule has 0 radical (unpaired) electrons. The van der Waals surface area contributed by atoms with E-state index < -0.39 is 5.60 Å². The first-order valence-electron chi connectivity index (χ1n) is 14.0. The first kappa shape index (κ1) is 23.7. The Morgan fingerprint density at radius 1 is 0.719 bits per heavy atom. The molecule has 0 aromatic heterocycles. The second-order valence-corrected chi connectivity index (χ2v) is 15.5. The lowest BCUT2D eigenvalue weighted by atomic mass is 9.31. The van der Waals surface area contributed by atoms with Crippen LogP contribution >= 0.6 is 0 Å². The Hall–Kier alpha value is -0.0800. The van der Waals surface area contributed by atoms with Gasteiger partial charge in [0.15, 0.2) is 0 Å². The fourth-order valence-electron chi connectivity index (χ4n) is 12.1. The van der Waals surface area contributed by atoms with Gasteiger partial charge in [0.2, 0.25) is 0 Å². The second-order valence-electron chi connectivity index (χ2n) is 15.5. The van der Waals surface area contributed by atoms with E-state index in [0.29, 0.717) is 28.6 Å². The molecule has 0 amide bonds. The minimum absolute atomic E-state index is 0.00871. The van der Waals surface area contributed by atoms with E-state index in [1.807, 2.05) is 13.8 Å². The van der Waals surface area contributed by atoms with Crippen LogP contribution in [0, 0.1) is 56.7 Å². The third-order valence-electron chi connectivity index (χ3n) is 13.7. The van der Waals surface area contributed by atoms with E-state index in [9.17, 15) is 10.2 Å². The van der Waals surface area contributed by atoms with Gasteiger partial charge in [0.25, 0.3) is 0 Å². The van der Waals surface area contributed by atoms with Crippen molar-refractivity contribution in [2.75, 3.05) is 0 Å². The molecule has 5 fully saturated rings. The predicted octanol–water partition coefficient (Wildman–Crippen LogP) is 7.22. The average molecular weight is 445 g/mol. The Morgan fingerprint density at radius 2 is 1.38 bits per heavy atom. The summed E-state index contributed by atoms with van der Waals surface area (Å²) in [5, 5.41) is 23.0. The maximum Gasteiger partial charge on any atom is 0.0622 e. The largest absolute Gasteiger partial charge is 0.393 e. The molecule has 2 nitrogen and oxygen atoms in total. The van der Waals surface area contributed by atoms with Gasteiger partial charge in [-0.2, -0.15) is 0 Å². The molecule has 0 bridgehead atoms. The topological polar surface area (TPSA) is 40.5 Å². The number of fused-ring (bicyclic) bond motifs is 7. The molecule has 5 aliphatic rings. The molecule has 5 aliphatic carbocycles. The van der Waals surface area contributed by atoms with E-state index in [4.69, 9.17) is 0 Å². The Bertz CT molecular complexity index is 765. The highest BCUT2D eigenvalue weighted by molar-refractivity contribution is 5.21. The molecule has 0 unspecified atom stereocenters. The van der Waals surface area contributed by atoms with Crippen LogP contribution in [0.15, 0.2) is 0 Å². The zero-order valence-electron chi connectivity index (χ0n) is 22.4. The summed E-state index contributed by atoms with van der Waals surface area (Å²) in [4.78, 5) is 0. The molecule has 0 aliphatic heterocycles. The number of hydrogen-bond donors (Lipinski definition) is 2. The fourth-order valence-corrected chi connectivity index (χ4v) is 12.1. The van der Waals surface area contributed by atoms with Gasteiger partial charge in [0.1, 0.15) is 0 Å². The van der Waals surface area contributed by atoms with Crippen LogP contribution in [0.5, 0.6) is 0 Å². The van der Waals surface area contributed by atoms with Crippen LogP contribution in [0.2, 0.25) is 0 Å². The summed E-state index contributed by atoms with van der Waals surface area (Å²) in [6.45, 7) is 19.4. The molecule has 184 valence electrons. The minimum atomic E-state index is -0.643. The van der Waals surface area contributed by atoms with E-state index in [2.05, 4.69) is 41.5 Å². The standard InChI is InChI=1S/C30H52O2/c1-25(2)14-9-15-28(6)21(25)13-17-29(7)22(28)10-11-23-27(5)16-12-19(26(3,4)32)20(27)18-24(31)30(23,29)8/h19-24,31-32H,9-18H2,1-8H3/t19-,20+,21-,22-,23+,24-,27-,28-,29+,30-/m0/s1. The molecular weight excluding hydrogens is 392 g/mol. The van der Waals surface area contributed by atoms with Crippen molar-refractivity contribution >= 4 is 0 Å². The lowest BCUT2D eigenvalue weighted by Crippen LogP contribution is -2.69. The molecule has 5 saturated carbocycles. The minimum Gasteiger partial charge on any atom is -0.393 e. The molecule has 0 saturated heterocycles. The molecule has 10 atom stereocenters. The van der Waals surface area contributed by atoms with E-state index >= 15 is 0 Å². The van der Waals surface area contributed by atoms with Crippen molar-refractivity contribution in [2.24, 2.45) is 56.7 Å². The van der Waals surface area contributed by atoms with Crippen molar-refractivity contribution < 1.29 is 10.2 Å². The molecule has 5 rings (SSSR count). The van der Waals surface area contributed by atoms with Crippen LogP contribution in [-0.4, -0.2) is 21.9 Å². The highest BCUT2D eigenvalue weighted by Crippen LogP contribution is 2.78. The van der Waals surface area contributed by atoms with Crippen LogP contribution < -0.4 is 0 Å². The van der Waals surface area contributed by atoms with Crippen molar-refractivity contribution in [1.29, 1.82) is 0 Å². The van der Waals surface area contributed by atoms with Crippen LogP contribution in [0.25, 0.3) is 0 Å². The Morgan fingerprint density at radius 3 is 2.03 bits per heavy atom. The van der Waals surface area contributed by atoms with Crippen molar-refractivity contribution in [3.63, 3.8) is 0 Å². The molecule has 0 spiro atoms. The van der Waals surface area contributed by atoms with Gasteiger partial charge in [-0.3, -0.25) is 0 Å². The van der Waals surface area contributed by atoms with Crippen molar-refractivity contribution in [1.82, 2.24) is 0 Å². The molecule has 2 N–H and O–H groups in total. The monoisotopic (exact) mass is 444 g/mol. The first-order chi connectivity index (χ1) is 14.6. The lowest BCUT2D eigenvalue weighted by Gasteiger charge is -2.74. The number of aliphatic hydroxyl groups is 2. The van der Waals surface area contributed by atoms with E-state index in [0.717, 1.165) is 24.7 Å². The molecule has 0 aromatic carbocycles. The SMILES string of the molecule is CC(C)(O)[C@H]1CC[C@@]2(C)[C@@H]1C[C@H](O)[C@]1(C)[C@@H]2CC[C@H]2[C@@]3(C)CCCC(C)(C)[C@@H]3CC[C@]21C. The number of aliphatic hydroxyl groups excluding tert-OH is 1. The number of rotatable bonds is 1. The van der Waals surface area contributed by atoms with Gasteiger partial charge in [-0.15, -0.1) is 0 Å². The maximum absolute atomic E-state index is 12.0. The van der Waals surface area contributed by atoms with E-state index in [-0.39, 0.29) is 22.3 Å². The summed E-state index contributed by atoms with van der Waals surface area (Å²) in [5.41, 5.74) is 0.706. The highest BCUT2D eigenvalue weighted by Gasteiger charge is 2.73. The zero-order chi connectivity index (χ0) is 23.5. The van der Waals surface area contributed by atoms with Crippen LogP contribution in [0.3, 0.4) is 0 Å². The molecule has 32 heavy (non-hydrogen) atoms. The third-order valence-corrected chi connectivity index (χ3v) is 13.7. The summed E-state index contributed by atoms with van der Waals surface area (Å²) in [7, 11) is 0. The van der Waals surface area contributed by atoms with Gasteiger partial charge in [-0.05, 0) is 123 Å². The molecule has 0 heterocycles. The summed E-state index contributed by atoms with van der Waals surface area (Å²) in [6, 6.07) is 0. The van der Waals surface area contributed by atoms with Gasteiger partial charge in [0.05, 0.1) is 11.7 Å². The van der Waals surface area contributed by atoms with Crippen LogP contribution in [0.4, 0.5) is 0 Å². The van der Waals surface area contributed by atoms with Crippen molar-refractivity contribution in [3.8, 4) is 0 Å². The smallest absolute Gasteiger partial charge is 0.0622 e. The van der Waals surface area contributed by atoms with Gasteiger partial charge in [-0.25, -0.2) is 0 Å². The van der Waals surface area contributed by atoms with E-state index in [1.54, 1.807) is 0 Å². The third kappa shape index (κ3) is 2.72. The molecular formula is C30H52O2. The Kier molecular flexibility index (Phi) is 5.01. The molecule has 0 aromatic rings. The Labute approximate surface area is 198 Å². The molecule has 2 heteroatoms. The fraction of sp³-hybridized carbons (Fsp3) is 1.00. The summed E-state index contributed by atoms with van der Waals surface area (Å²) in [5.74, 6) is 2.92. The highest BCUT2D eigenvalue weighted by atomic mass is 16.3. The van der Waals surface area contributed by atoms with E-state index in [1.165, 1.54) is 51.4 Å². The zero-order valence-corrected chi connectivity index (χ0v) is 22.4. The normalized spacial score (nSPS) is 57.2. The summed E-state index contributed by atoms with van der Waals surface area (Å²) < 4.78 is 0. The predicted molar refractivity (Wildman–Crippen MR) is 132 cm³/mol. The van der Waals surface area contributed by atoms with Crippen LogP contribution in [0.1, 0.15) is 120 Å². The van der Waals surface area contributed by atoms with Crippen molar-refractivity contribution in [2.45, 2.75) is 131 Å². The summed E-state index contributed by atoms with van der Waals surface area (Å²) >= 11 is 0. The first-order valence-corrected chi connectivity index (χ1v) is 14.0. The van der Waals surface area contributed by atoms with Gasteiger partial charge in [-0.1, -0.05) is 48.0 Å². The van der Waals surface area contributed by atoms with Gasteiger partial charge < -0.3 is 10.2 Å². The quantitative estimate of drug-likeness (QED) is 0.448. The van der Waals surface area contributed by atoms with Gasteiger partial charge >= 0.3 is 0 Å². The summed E-state index contributed by atoms with van der Waals surface area (Å²) in [6.07, 6.45) is 12.4. The van der Waals surface area contributed by atoms with Crippen LogP contribution in [-0.2, 0) is 0 Å². The number of hydrogen-bond acceptors (Lipinski definition) is 2. The van der Waals surface area contributed by atoms with Gasteiger partial charge in [0, 0.05) is 5.41 Å². The Balaban J connectivity index is 1.56. The van der Waals surface area contributed by atoms with Crippen molar-refractivity contribution in [3.05, 3.63) is 0 Å². The maximum atomic E-state index is 12.0. The second kappa shape index (κ2) is 6.77. The average Bonchev–Trinajstić information content (AvgIpc) is 3.00. The lowest BCUT2D eigenvalue weighted by molar-refractivity contribution is -0.275.